The lowest BCUT2D eigenvalue weighted by atomic mass is 9.68. The van der Waals surface area contributed by atoms with Crippen LogP contribution in [-0.4, -0.2) is 23.7 Å². The van der Waals surface area contributed by atoms with E-state index in [2.05, 4.69) is 5.10 Å². The molecule has 7 heteroatoms. The fraction of sp³-hybridized carbons (Fsp3) is 0.391. The summed E-state index contributed by atoms with van der Waals surface area (Å²) in [4.78, 5) is 13.4. The van der Waals surface area contributed by atoms with Gasteiger partial charge in [0.1, 0.15) is 17.4 Å². The monoisotopic (exact) mass is 430 g/mol. The Morgan fingerprint density at radius 1 is 1.17 bits per heavy atom. The van der Waals surface area contributed by atoms with Crippen LogP contribution in [0.4, 0.5) is 8.78 Å². The van der Waals surface area contributed by atoms with Crippen molar-refractivity contribution in [3.63, 3.8) is 0 Å². The molecule has 1 heterocycles. The van der Waals surface area contributed by atoms with Crippen molar-refractivity contribution in [1.82, 2.24) is 5.01 Å². The van der Waals surface area contributed by atoms with Gasteiger partial charge in [-0.25, -0.2) is 13.8 Å². The summed E-state index contributed by atoms with van der Waals surface area (Å²) >= 11 is 6.16. The van der Waals surface area contributed by atoms with Crippen LogP contribution in [0.2, 0.25) is 5.02 Å². The minimum Gasteiger partial charge on any atom is -0.492 e. The first-order valence-electron chi connectivity index (χ1n) is 10.1. The normalized spacial score (nSPS) is 29.2. The van der Waals surface area contributed by atoms with Gasteiger partial charge < -0.3 is 4.74 Å². The van der Waals surface area contributed by atoms with E-state index < -0.39 is 23.1 Å². The highest BCUT2D eigenvalue weighted by Crippen LogP contribution is 2.63. The molecule has 4 nitrogen and oxygen atoms in total. The lowest BCUT2D eigenvalue weighted by molar-refractivity contribution is -0.148. The highest BCUT2D eigenvalue weighted by atomic mass is 35.5. The molecule has 3 aliphatic carbocycles. The molecule has 0 N–H and O–H groups in total. The summed E-state index contributed by atoms with van der Waals surface area (Å²) in [5.74, 6) is 0.0194. The molecule has 1 amide bonds. The molecule has 0 aromatic heterocycles. The van der Waals surface area contributed by atoms with Crippen LogP contribution >= 0.6 is 11.6 Å². The molecule has 2 aromatic carbocycles. The van der Waals surface area contributed by atoms with E-state index in [-0.39, 0.29) is 11.8 Å². The van der Waals surface area contributed by atoms with Crippen LogP contribution in [0.1, 0.15) is 37.3 Å². The van der Waals surface area contributed by atoms with Gasteiger partial charge in [-0.3, -0.25) is 4.79 Å². The molecule has 2 atom stereocenters. The Kier molecular flexibility index (Phi) is 4.77. The number of carbonyl (C=O) groups excluding carboxylic acids is 1. The van der Waals surface area contributed by atoms with Crippen molar-refractivity contribution in [2.75, 3.05) is 6.61 Å². The van der Waals surface area contributed by atoms with Gasteiger partial charge in [0.05, 0.1) is 23.1 Å². The van der Waals surface area contributed by atoms with Crippen molar-refractivity contribution in [3.05, 3.63) is 64.7 Å². The summed E-state index contributed by atoms with van der Waals surface area (Å²) in [5.41, 5.74) is -0.0208. The average molecular weight is 431 g/mol. The van der Waals surface area contributed by atoms with E-state index in [4.69, 9.17) is 16.3 Å². The van der Waals surface area contributed by atoms with Crippen LogP contribution in [0.15, 0.2) is 47.6 Å². The molecule has 30 heavy (non-hydrogen) atoms. The topological polar surface area (TPSA) is 41.9 Å². The van der Waals surface area contributed by atoms with Crippen molar-refractivity contribution in [2.24, 2.45) is 22.4 Å². The van der Waals surface area contributed by atoms with Gasteiger partial charge in [0, 0.05) is 18.7 Å². The zero-order valence-corrected chi connectivity index (χ0v) is 17.0. The second kappa shape index (κ2) is 7.34. The van der Waals surface area contributed by atoms with Crippen LogP contribution in [0.3, 0.4) is 0 Å². The molecule has 2 aromatic rings. The Morgan fingerprint density at radius 2 is 1.90 bits per heavy atom. The van der Waals surface area contributed by atoms with E-state index in [1.807, 2.05) is 18.2 Å². The van der Waals surface area contributed by atoms with Crippen molar-refractivity contribution >= 4 is 23.7 Å². The Bertz CT molecular complexity index is 1000. The van der Waals surface area contributed by atoms with E-state index in [0.29, 0.717) is 35.3 Å². The SMILES string of the molecule is O=C(N1N=CCC1c1cc(F)cc(F)c1)C12CC(COc3ccccc3Cl)C(C1)C2. The maximum atomic E-state index is 13.7. The van der Waals surface area contributed by atoms with E-state index in [9.17, 15) is 13.6 Å². The lowest BCUT2D eigenvalue weighted by Crippen LogP contribution is -2.45. The lowest BCUT2D eigenvalue weighted by Gasteiger charge is -2.40. The summed E-state index contributed by atoms with van der Waals surface area (Å²) in [5, 5.41) is 6.27. The van der Waals surface area contributed by atoms with Crippen molar-refractivity contribution in [2.45, 2.75) is 31.7 Å². The molecule has 3 fully saturated rings. The zero-order chi connectivity index (χ0) is 20.9. The van der Waals surface area contributed by atoms with Crippen LogP contribution in [0.5, 0.6) is 5.75 Å². The van der Waals surface area contributed by atoms with Gasteiger partial charge in [-0.1, -0.05) is 23.7 Å². The molecule has 2 bridgehead atoms. The molecule has 2 unspecified atom stereocenters. The highest BCUT2D eigenvalue weighted by molar-refractivity contribution is 6.32. The van der Waals surface area contributed by atoms with Gasteiger partial charge in [-0.05, 0) is 60.9 Å². The molecule has 6 rings (SSSR count). The fourth-order valence-corrected chi connectivity index (χ4v) is 5.42. The fourth-order valence-electron chi connectivity index (χ4n) is 5.23. The number of carbonyl (C=O) groups is 1. The number of nitrogens with zero attached hydrogens (tertiary/aromatic N) is 2. The van der Waals surface area contributed by atoms with Gasteiger partial charge in [-0.15, -0.1) is 0 Å². The third-order valence-corrected chi connectivity index (χ3v) is 6.99. The van der Waals surface area contributed by atoms with Gasteiger partial charge in [-0.2, -0.15) is 5.10 Å². The first-order chi connectivity index (χ1) is 14.4. The van der Waals surface area contributed by atoms with Crippen molar-refractivity contribution in [1.29, 1.82) is 0 Å². The summed E-state index contributed by atoms with van der Waals surface area (Å²) in [7, 11) is 0. The molecule has 4 aliphatic rings. The van der Waals surface area contributed by atoms with Crippen molar-refractivity contribution < 1.29 is 18.3 Å². The second-order valence-electron chi connectivity index (χ2n) is 8.56. The van der Waals surface area contributed by atoms with Gasteiger partial charge >= 0.3 is 0 Å². The second-order valence-corrected chi connectivity index (χ2v) is 8.96. The Morgan fingerprint density at radius 3 is 2.63 bits per heavy atom. The van der Waals surface area contributed by atoms with Crippen LogP contribution in [0.25, 0.3) is 0 Å². The summed E-state index contributed by atoms with van der Waals surface area (Å²) < 4.78 is 33.3. The summed E-state index contributed by atoms with van der Waals surface area (Å²) in [6.45, 7) is 0.519. The van der Waals surface area contributed by atoms with E-state index in [1.54, 1.807) is 12.3 Å². The predicted molar refractivity (Wildman–Crippen MR) is 109 cm³/mol. The van der Waals surface area contributed by atoms with Crippen molar-refractivity contribution in [3.8, 4) is 5.75 Å². The minimum atomic E-state index is -0.649. The van der Waals surface area contributed by atoms with E-state index in [0.717, 1.165) is 25.3 Å². The summed E-state index contributed by atoms with van der Waals surface area (Å²) in [6, 6.07) is 10.3. The molecule has 0 saturated heterocycles. The van der Waals surface area contributed by atoms with Gasteiger partial charge in [0.15, 0.2) is 0 Å². The number of fused-ring (bicyclic) bond motifs is 1. The predicted octanol–water partition coefficient (Wildman–Crippen LogP) is 5.37. The number of ether oxygens (including phenoxy) is 1. The van der Waals surface area contributed by atoms with Crippen LogP contribution < -0.4 is 4.74 Å². The molecule has 0 radical (unpaired) electrons. The maximum Gasteiger partial charge on any atom is 0.249 e. The Hall–Kier alpha value is -2.47. The quantitative estimate of drug-likeness (QED) is 0.639. The first kappa shape index (κ1) is 19.5. The Balaban J connectivity index is 1.28. The molecule has 0 spiro atoms. The molecule has 1 aliphatic heterocycles. The smallest absolute Gasteiger partial charge is 0.249 e. The Labute approximate surface area is 178 Å². The molecular formula is C23H21ClF2N2O2. The number of para-hydroxylation sites is 1. The minimum absolute atomic E-state index is 0.0533. The van der Waals surface area contributed by atoms with Crippen LogP contribution in [-0.2, 0) is 4.79 Å². The standard InChI is InChI=1S/C23H21ClF2N2O2/c24-19-3-1-2-4-21(19)30-13-16-12-23(10-15(16)11-23)22(29)28-20(5-6-27-28)14-7-17(25)9-18(26)8-14/h1-4,6-9,15-16,20H,5,10-13H2. The maximum absolute atomic E-state index is 13.7. The molecule has 3 saturated carbocycles. The van der Waals surface area contributed by atoms with Gasteiger partial charge in [0.25, 0.3) is 0 Å². The summed E-state index contributed by atoms with van der Waals surface area (Å²) in [6.07, 6.45) is 4.44. The number of rotatable bonds is 5. The number of hydrogen-bond donors (Lipinski definition) is 0. The van der Waals surface area contributed by atoms with E-state index >= 15 is 0 Å². The number of hydrazone groups is 1. The third kappa shape index (κ3) is 3.27. The highest BCUT2D eigenvalue weighted by Gasteiger charge is 2.62. The number of hydrogen-bond acceptors (Lipinski definition) is 3. The molecule has 156 valence electrons. The average Bonchev–Trinajstić information content (AvgIpc) is 3.39. The third-order valence-electron chi connectivity index (χ3n) is 6.68. The largest absolute Gasteiger partial charge is 0.492 e. The van der Waals surface area contributed by atoms with E-state index in [1.165, 1.54) is 17.1 Å². The first-order valence-corrected chi connectivity index (χ1v) is 10.5. The van der Waals surface area contributed by atoms with Gasteiger partial charge in [0.2, 0.25) is 5.91 Å². The number of halogens is 3. The zero-order valence-electron chi connectivity index (χ0n) is 16.2. The van der Waals surface area contributed by atoms with Crippen LogP contribution in [0, 0.1) is 28.9 Å². The number of amides is 1. The number of benzene rings is 2. The molecular weight excluding hydrogens is 410 g/mol.